The SMILES string of the molecule is N#Cc1ccc(Cn2cncc2CN2CCc3c(Br)cccc3C2)cc1. The molecule has 1 aliphatic heterocycles. The summed E-state index contributed by atoms with van der Waals surface area (Å²) >= 11 is 3.67. The molecule has 26 heavy (non-hydrogen) atoms. The predicted octanol–water partition coefficient (Wildman–Crippen LogP) is 4.12. The van der Waals surface area contributed by atoms with Crippen LogP contribution >= 0.6 is 15.9 Å². The minimum absolute atomic E-state index is 0.692. The van der Waals surface area contributed by atoms with Crippen LogP contribution in [-0.4, -0.2) is 21.0 Å². The highest BCUT2D eigenvalue weighted by atomic mass is 79.9. The van der Waals surface area contributed by atoms with Gasteiger partial charge in [-0.3, -0.25) is 4.90 Å². The van der Waals surface area contributed by atoms with Crippen LogP contribution in [0.5, 0.6) is 0 Å². The first-order valence-corrected chi connectivity index (χ1v) is 9.49. The van der Waals surface area contributed by atoms with Crippen molar-refractivity contribution in [2.24, 2.45) is 0 Å². The molecular weight excluding hydrogens is 388 g/mol. The molecule has 4 nitrogen and oxygen atoms in total. The van der Waals surface area contributed by atoms with Gasteiger partial charge in [-0.2, -0.15) is 5.26 Å². The number of hydrogen-bond acceptors (Lipinski definition) is 3. The van der Waals surface area contributed by atoms with Crippen LogP contribution in [0.25, 0.3) is 0 Å². The zero-order valence-corrected chi connectivity index (χ0v) is 16.0. The summed E-state index contributed by atoms with van der Waals surface area (Å²) in [6.07, 6.45) is 4.92. The Kier molecular flexibility index (Phi) is 4.87. The third-order valence-electron chi connectivity index (χ3n) is 4.91. The van der Waals surface area contributed by atoms with Crippen LogP contribution in [0.3, 0.4) is 0 Å². The normalized spacial score (nSPS) is 14.0. The van der Waals surface area contributed by atoms with E-state index in [1.54, 1.807) is 0 Å². The fraction of sp³-hybridized carbons (Fsp3) is 0.238. The summed E-state index contributed by atoms with van der Waals surface area (Å²) in [6, 6.07) is 16.4. The number of aromatic nitrogens is 2. The summed E-state index contributed by atoms with van der Waals surface area (Å²) in [5.41, 5.74) is 5.93. The van der Waals surface area contributed by atoms with E-state index < -0.39 is 0 Å². The first-order valence-electron chi connectivity index (χ1n) is 8.69. The van der Waals surface area contributed by atoms with Crippen molar-refractivity contribution >= 4 is 15.9 Å². The van der Waals surface area contributed by atoms with Crippen LogP contribution in [0.2, 0.25) is 0 Å². The summed E-state index contributed by atoms with van der Waals surface area (Å²) in [5, 5.41) is 8.92. The number of nitrogens with zero attached hydrogens (tertiary/aromatic N) is 4. The second-order valence-corrected chi connectivity index (χ2v) is 7.51. The van der Waals surface area contributed by atoms with Gasteiger partial charge in [0.05, 0.1) is 23.7 Å². The van der Waals surface area contributed by atoms with Gasteiger partial charge in [0.1, 0.15) is 0 Å². The number of fused-ring (bicyclic) bond motifs is 1. The summed E-state index contributed by atoms with van der Waals surface area (Å²) in [5.74, 6) is 0. The quantitative estimate of drug-likeness (QED) is 0.654. The van der Waals surface area contributed by atoms with Gasteiger partial charge in [0, 0.05) is 36.8 Å². The molecule has 1 aliphatic rings. The van der Waals surface area contributed by atoms with Crippen LogP contribution in [0.4, 0.5) is 0 Å². The van der Waals surface area contributed by atoms with E-state index >= 15 is 0 Å². The highest BCUT2D eigenvalue weighted by Gasteiger charge is 2.19. The van der Waals surface area contributed by atoms with E-state index in [2.05, 4.69) is 54.6 Å². The fourth-order valence-electron chi connectivity index (χ4n) is 3.49. The monoisotopic (exact) mass is 406 g/mol. The lowest BCUT2D eigenvalue weighted by Crippen LogP contribution is -2.31. The first kappa shape index (κ1) is 17.0. The number of benzene rings is 2. The molecule has 2 heterocycles. The van der Waals surface area contributed by atoms with Gasteiger partial charge < -0.3 is 4.57 Å². The summed E-state index contributed by atoms with van der Waals surface area (Å²) < 4.78 is 3.41. The molecule has 0 N–H and O–H groups in total. The number of halogens is 1. The van der Waals surface area contributed by atoms with Gasteiger partial charge in [-0.25, -0.2) is 4.98 Å². The van der Waals surface area contributed by atoms with E-state index in [1.165, 1.54) is 26.9 Å². The van der Waals surface area contributed by atoms with E-state index in [0.717, 1.165) is 32.6 Å². The highest BCUT2D eigenvalue weighted by molar-refractivity contribution is 9.10. The average molecular weight is 407 g/mol. The molecule has 1 aromatic heterocycles. The molecule has 5 heteroatoms. The van der Waals surface area contributed by atoms with Gasteiger partial charge >= 0.3 is 0 Å². The molecule has 0 spiro atoms. The van der Waals surface area contributed by atoms with Gasteiger partial charge in [-0.1, -0.05) is 40.2 Å². The van der Waals surface area contributed by atoms with E-state index in [-0.39, 0.29) is 0 Å². The third-order valence-corrected chi connectivity index (χ3v) is 5.65. The summed E-state index contributed by atoms with van der Waals surface area (Å²) in [6.45, 7) is 3.69. The van der Waals surface area contributed by atoms with Crippen molar-refractivity contribution in [3.05, 3.63) is 87.4 Å². The van der Waals surface area contributed by atoms with Crippen molar-refractivity contribution in [2.75, 3.05) is 6.54 Å². The Labute approximate surface area is 161 Å². The zero-order chi connectivity index (χ0) is 17.9. The summed E-state index contributed by atoms with van der Waals surface area (Å²) in [7, 11) is 0. The van der Waals surface area contributed by atoms with E-state index in [4.69, 9.17) is 5.26 Å². The molecule has 0 fully saturated rings. The van der Waals surface area contributed by atoms with Gasteiger partial charge in [0.15, 0.2) is 0 Å². The maximum Gasteiger partial charge on any atom is 0.0991 e. The molecule has 3 aromatic rings. The Morgan fingerprint density at radius 2 is 1.96 bits per heavy atom. The van der Waals surface area contributed by atoms with Crippen LogP contribution in [0.1, 0.15) is 27.9 Å². The maximum atomic E-state index is 8.92. The lowest BCUT2D eigenvalue weighted by Gasteiger charge is -2.29. The molecule has 0 radical (unpaired) electrons. The van der Waals surface area contributed by atoms with Crippen molar-refractivity contribution in [1.82, 2.24) is 14.5 Å². The van der Waals surface area contributed by atoms with Crippen LogP contribution in [0, 0.1) is 11.3 Å². The van der Waals surface area contributed by atoms with Gasteiger partial charge in [0.25, 0.3) is 0 Å². The first-order chi connectivity index (χ1) is 12.7. The van der Waals surface area contributed by atoms with Crippen molar-refractivity contribution in [3.63, 3.8) is 0 Å². The van der Waals surface area contributed by atoms with Crippen LogP contribution in [0.15, 0.2) is 59.5 Å². The number of nitriles is 1. The Balaban J connectivity index is 1.47. The topological polar surface area (TPSA) is 44.9 Å². The molecule has 130 valence electrons. The van der Waals surface area contributed by atoms with Crippen LogP contribution < -0.4 is 0 Å². The fourth-order valence-corrected chi connectivity index (χ4v) is 4.09. The van der Waals surface area contributed by atoms with E-state index in [1.807, 2.05) is 36.8 Å². The van der Waals surface area contributed by atoms with Crippen molar-refractivity contribution in [3.8, 4) is 6.07 Å². The maximum absolute atomic E-state index is 8.92. The lowest BCUT2D eigenvalue weighted by atomic mass is 10.00. The smallest absolute Gasteiger partial charge is 0.0991 e. The van der Waals surface area contributed by atoms with E-state index in [9.17, 15) is 0 Å². The second-order valence-electron chi connectivity index (χ2n) is 6.66. The third kappa shape index (κ3) is 3.57. The van der Waals surface area contributed by atoms with Crippen molar-refractivity contribution in [1.29, 1.82) is 5.26 Å². The largest absolute Gasteiger partial charge is 0.329 e. The molecule has 0 saturated heterocycles. The second kappa shape index (κ2) is 7.45. The molecule has 0 bridgehead atoms. The zero-order valence-electron chi connectivity index (χ0n) is 14.4. The Hall–Kier alpha value is -2.42. The molecule has 2 aromatic carbocycles. The minimum atomic E-state index is 0.692. The highest BCUT2D eigenvalue weighted by Crippen LogP contribution is 2.27. The molecule has 4 rings (SSSR count). The van der Waals surface area contributed by atoms with Gasteiger partial charge in [0.2, 0.25) is 0 Å². The lowest BCUT2D eigenvalue weighted by molar-refractivity contribution is 0.239. The summed E-state index contributed by atoms with van der Waals surface area (Å²) in [4.78, 5) is 6.83. The number of imidazole rings is 1. The number of hydrogen-bond donors (Lipinski definition) is 0. The Bertz CT molecular complexity index is 953. The standard InChI is InChI=1S/C21H19BrN4/c22-21-3-1-2-18-13-25(9-8-20(18)21)14-19-11-24-15-26(19)12-17-6-4-16(10-23)5-7-17/h1-7,11,15H,8-9,12-14H2. The molecule has 0 aliphatic carbocycles. The molecule has 0 unspecified atom stereocenters. The van der Waals surface area contributed by atoms with E-state index in [0.29, 0.717) is 5.56 Å². The molecule has 0 saturated carbocycles. The molecular formula is C21H19BrN4. The van der Waals surface area contributed by atoms with Gasteiger partial charge in [-0.15, -0.1) is 0 Å². The van der Waals surface area contributed by atoms with Gasteiger partial charge in [-0.05, 0) is 41.3 Å². The van der Waals surface area contributed by atoms with Crippen molar-refractivity contribution < 1.29 is 0 Å². The Morgan fingerprint density at radius 1 is 1.12 bits per heavy atom. The predicted molar refractivity (Wildman–Crippen MR) is 104 cm³/mol. The van der Waals surface area contributed by atoms with Crippen LogP contribution in [-0.2, 0) is 26.1 Å². The molecule has 0 atom stereocenters. The molecule has 0 amide bonds. The number of rotatable bonds is 4. The van der Waals surface area contributed by atoms with Crippen molar-refractivity contribution in [2.45, 2.75) is 26.1 Å². The Morgan fingerprint density at radius 3 is 2.77 bits per heavy atom. The minimum Gasteiger partial charge on any atom is -0.329 e. The average Bonchev–Trinajstić information content (AvgIpc) is 3.09.